The van der Waals surface area contributed by atoms with E-state index in [1.165, 1.54) is 0 Å². The van der Waals surface area contributed by atoms with Gasteiger partial charge in [0.1, 0.15) is 11.1 Å². The van der Waals surface area contributed by atoms with Gasteiger partial charge in [-0.25, -0.2) is 14.5 Å². The molecule has 4 aromatic heterocycles. The number of piperidine rings is 1. The lowest BCUT2D eigenvalue weighted by molar-refractivity contribution is 0.521. The molecule has 5 heterocycles. The number of hydrogen-bond donors (Lipinski definition) is 3. The second-order valence-electron chi connectivity index (χ2n) is 8.59. The van der Waals surface area contributed by atoms with E-state index in [1.54, 1.807) is 16.8 Å². The van der Waals surface area contributed by atoms with E-state index in [1.807, 2.05) is 37.5 Å². The highest BCUT2D eigenvalue weighted by molar-refractivity contribution is 6.32. The van der Waals surface area contributed by atoms with Gasteiger partial charge >= 0.3 is 0 Å². The maximum atomic E-state index is 8.90. The number of allylic oxidation sites excluding steroid dienone is 1. The first-order chi connectivity index (χ1) is 18.0. The molecule has 0 aromatic carbocycles. The molecule has 0 radical (unpaired) electrons. The van der Waals surface area contributed by atoms with Crippen molar-refractivity contribution in [1.29, 1.82) is 5.26 Å². The van der Waals surface area contributed by atoms with Crippen molar-refractivity contribution >= 4 is 40.5 Å². The van der Waals surface area contributed by atoms with Crippen molar-refractivity contribution in [1.82, 2.24) is 40.1 Å². The number of aromatic nitrogens is 7. The van der Waals surface area contributed by atoms with E-state index in [4.69, 9.17) is 16.9 Å². The first-order valence-corrected chi connectivity index (χ1v) is 12.1. The Kier molecular flexibility index (Phi) is 6.96. The Labute approximate surface area is 218 Å². The Hall–Kier alpha value is -4.50. The number of pyridine rings is 1. The summed E-state index contributed by atoms with van der Waals surface area (Å²) >= 11 is 6.40. The molecule has 188 valence electrons. The fourth-order valence-corrected chi connectivity index (χ4v) is 4.16. The first kappa shape index (κ1) is 24.2. The minimum Gasteiger partial charge on any atom is -0.392 e. The van der Waals surface area contributed by atoms with E-state index in [9.17, 15) is 0 Å². The zero-order valence-corrected chi connectivity index (χ0v) is 20.9. The third-order valence-electron chi connectivity index (χ3n) is 6.03. The number of nitrogens with zero attached hydrogens (tertiary/aromatic N) is 9. The van der Waals surface area contributed by atoms with Crippen molar-refractivity contribution in [2.24, 2.45) is 0 Å². The minimum absolute atomic E-state index is 0.195. The van der Waals surface area contributed by atoms with Crippen LogP contribution in [0.15, 0.2) is 48.9 Å². The van der Waals surface area contributed by atoms with Gasteiger partial charge in [-0.2, -0.15) is 15.3 Å². The van der Waals surface area contributed by atoms with Crippen LogP contribution in [-0.4, -0.2) is 60.9 Å². The van der Waals surface area contributed by atoms with Crippen LogP contribution in [0.2, 0.25) is 5.02 Å². The zero-order chi connectivity index (χ0) is 25.8. The molecule has 0 aliphatic carbocycles. The van der Waals surface area contributed by atoms with Gasteiger partial charge in [0.15, 0.2) is 28.8 Å². The fourth-order valence-electron chi connectivity index (χ4n) is 4.02. The molecular weight excluding hydrogens is 492 g/mol. The Morgan fingerprint density at radius 2 is 2.05 bits per heavy atom. The van der Waals surface area contributed by atoms with E-state index in [2.05, 4.69) is 57.7 Å². The maximum Gasteiger partial charge on any atom is 0.229 e. The largest absolute Gasteiger partial charge is 0.392 e. The number of fused-ring (bicyclic) bond motifs is 1. The highest BCUT2D eigenvalue weighted by atomic mass is 35.5. The van der Waals surface area contributed by atoms with Crippen LogP contribution in [0.5, 0.6) is 0 Å². The van der Waals surface area contributed by atoms with Crippen LogP contribution < -0.4 is 20.9 Å². The summed E-state index contributed by atoms with van der Waals surface area (Å²) in [5, 5.41) is 31.6. The monoisotopic (exact) mass is 516 g/mol. The minimum atomic E-state index is 0.195. The molecule has 12 nitrogen and oxygen atoms in total. The van der Waals surface area contributed by atoms with Crippen LogP contribution in [0.3, 0.4) is 0 Å². The van der Waals surface area contributed by atoms with E-state index in [-0.39, 0.29) is 6.04 Å². The zero-order valence-electron chi connectivity index (χ0n) is 20.2. The lowest BCUT2D eigenvalue weighted by Gasteiger charge is -2.33. The van der Waals surface area contributed by atoms with Crippen LogP contribution in [0, 0.1) is 11.3 Å². The summed E-state index contributed by atoms with van der Waals surface area (Å²) in [6.07, 6.45) is 5.71. The fraction of sp³-hybridized carbons (Fsp3) is 0.292. The summed E-state index contributed by atoms with van der Waals surface area (Å²) < 4.78 is 1.72. The molecule has 0 bridgehead atoms. The molecule has 13 heteroatoms. The maximum absolute atomic E-state index is 8.90. The van der Waals surface area contributed by atoms with E-state index >= 15 is 0 Å². The summed E-state index contributed by atoms with van der Waals surface area (Å²) in [4.78, 5) is 15.6. The number of nitriles is 1. The predicted octanol–water partition coefficient (Wildman–Crippen LogP) is 2.93. The summed E-state index contributed by atoms with van der Waals surface area (Å²) in [5.74, 6) is 2.45. The summed E-state index contributed by atoms with van der Waals surface area (Å²) in [6.45, 7) is 5.53. The lowest BCUT2D eigenvalue weighted by atomic mass is 10.1. The van der Waals surface area contributed by atoms with Gasteiger partial charge in [-0.1, -0.05) is 18.2 Å². The van der Waals surface area contributed by atoms with Crippen LogP contribution in [0.4, 0.5) is 23.3 Å². The SMILES string of the molecule is C=C(Cc1nc2cc(Nc3ncc(Cl)c(NC4CCN(c5ccc(C#N)nn5)CC4)n3)ccn2n1)NC. The van der Waals surface area contributed by atoms with E-state index < -0.39 is 0 Å². The van der Waals surface area contributed by atoms with E-state index in [0.29, 0.717) is 40.4 Å². The van der Waals surface area contributed by atoms with Crippen molar-refractivity contribution in [2.75, 3.05) is 35.7 Å². The van der Waals surface area contributed by atoms with Gasteiger partial charge in [0.25, 0.3) is 0 Å². The number of halogens is 1. The topological polar surface area (TPSA) is 145 Å². The molecule has 1 saturated heterocycles. The molecular formula is C24H25ClN12. The molecule has 3 N–H and O–H groups in total. The quantitative estimate of drug-likeness (QED) is 0.317. The predicted molar refractivity (Wildman–Crippen MR) is 141 cm³/mol. The highest BCUT2D eigenvalue weighted by Gasteiger charge is 2.22. The van der Waals surface area contributed by atoms with Gasteiger partial charge in [-0.05, 0) is 31.0 Å². The van der Waals surface area contributed by atoms with Gasteiger partial charge in [-0.3, -0.25) is 0 Å². The van der Waals surface area contributed by atoms with Gasteiger partial charge < -0.3 is 20.9 Å². The van der Waals surface area contributed by atoms with Gasteiger partial charge in [0, 0.05) is 56.2 Å². The van der Waals surface area contributed by atoms with E-state index in [0.717, 1.165) is 43.1 Å². The second-order valence-corrected chi connectivity index (χ2v) is 8.99. The Bertz CT molecular complexity index is 1450. The highest BCUT2D eigenvalue weighted by Crippen LogP contribution is 2.25. The second kappa shape index (κ2) is 10.6. The average molecular weight is 517 g/mol. The summed E-state index contributed by atoms with van der Waals surface area (Å²) in [7, 11) is 1.82. The van der Waals surface area contributed by atoms with Gasteiger partial charge in [0.05, 0.1) is 6.20 Å². The third-order valence-corrected chi connectivity index (χ3v) is 6.31. The Balaban J connectivity index is 1.22. The van der Waals surface area contributed by atoms with Crippen LogP contribution >= 0.6 is 11.6 Å². The lowest BCUT2D eigenvalue weighted by Crippen LogP contribution is -2.39. The molecule has 0 spiro atoms. The number of rotatable bonds is 8. The molecule has 0 unspecified atom stereocenters. The van der Waals surface area contributed by atoms with Crippen molar-refractivity contribution in [2.45, 2.75) is 25.3 Å². The van der Waals surface area contributed by atoms with Crippen molar-refractivity contribution in [3.8, 4) is 6.07 Å². The molecule has 5 rings (SSSR count). The Morgan fingerprint density at radius 1 is 1.22 bits per heavy atom. The molecule has 1 aliphatic rings. The standard InChI is InChI=1S/C24H25ClN12/c1-15(27-2)11-20-31-22-12-17(7-10-37(22)35-20)30-24-28-14-19(25)23(32-24)29-16-5-8-36(9-6-16)21-4-3-18(13-26)33-34-21/h3-4,7,10,12,14,16,27H,1,5-6,8-9,11H2,2H3,(H2,28,29,30,32). The van der Waals surface area contributed by atoms with Gasteiger partial charge in [-0.15, -0.1) is 10.2 Å². The average Bonchev–Trinajstić information content (AvgIpc) is 3.32. The van der Waals surface area contributed by atoms with Crippen LogP contribution in [-0.2, 0) is 6.42 Å². The molecule has 37 heavy (non-hydrogen) atoms. The molecule has 0 amide bonds. The number of nitrogens with one attached hydrogen (secondary N) is 3. The molecule has 0 atom stereocenters. The molecule has 1 fully saturated rings. The smallest absolute Gasteiger partial charge is 0.229 e. The van der Waals surface area contributed by atoms with Crippen molar-refractivity contribution in [3.63, 3.8) is 0 Å². The summed E-state index contributed by atoms with van der Waals surface area (Å²) in [6, 6.07) is 9.46. The molecule has 1 aliphatic heterocycles. The molecule has 4 aromatic rings. The number of likely N-dealkylation sites (N-methyl/N-ethyl adjacent to an activating group) is 1. The first-order valence-electron chi connectivity index (χ1n) is 11.8. The molecule has 0 saturated carbocycles. The summed E-state index contributed by atoms with van der Waals surface area (Å²) in [5.41, 5.74) is 2.64. The van der Waals surface area contributed by atoms with Crippen LogP contribution in [0.25, 0.3) is 5.65 Å². The normalized spacial score (nSPS) is 13.8. The van der Waals surface area contributed by atoms with Crippen LogP contribution in [0.1, 0.15) is 24.4 Å². The van der Waals surface area contributed by atoms with Crippen molar-refractivity contribution in [3.05, 3.63) is 65.5 Å². The van der Waals surface area contributed by atoms with Crippen molar-refractivity contribution < 1.29 is 0 Å². The number of anilines is 4. The number of hydrogen-bond acceptors (Lipinski definition) is 11. The third kappa shape index (κ3) is 5.68. The van der Waals surface area contributed by atoms with Gasteiger partial charge in [0.2, 0.25) is 5.95 Å². The Morgan fingerprint density at radius 3 is 2.78 bits per heavy atom.